The first-order valence-electron chi connectivity index (χ1n) is 4.87. The van der Waals surface area contributed by atoms with Crippen molar-refractivity contribution in [3.05, 3.63) is 39.3 Å². The summed E-state index contributed by atoms with van der Waals surface area (Å²) in [6.45, 7) is 1.90. The Bertz CT molecular complexity index is 542. The molecule has 0 aliphatic heterocycles. The normalized spacial score (nSPS) is 10.5. The summed E-state index contributed by atoms with van der Waals surface area (Å²) in [6.07, 6.45) is 0. The second kappa shape index (κ2) is 5.75. The van der Waals surface area contributed by atoms with Gasteiger partial charge in [0, 0.05) is 10.0 Å². The number of carbonyl (C=O) groups is 1. The van der Waals surface area contributed by atoms with Crippen LogP contribution in [0.2, 0.25) is 0 Å². The predicted octanol–water partition coefficient (Wildman–Crippen LogP) is 3.58. The van der Waals surface area contributed by atoms with Crippen LogP contribution in [0, 0.1) is 6.92 Å². The lowest BCUT2D eigenvalue weighted by Gasteiger charge is -1.99. The third kappa shape index (κ3) is 3.62. The van der Waals surface area contributed by atoms with Crippen LogP contribution in [0.4, 0.5) is 0 Å². The summed E-state index contributed by atoms with van der Waals surface area (Å²) in [4.78, 5) is 11.9. The van der Waals surface area contributed by atoms with Crippen LogP contribution in [0.25, 0.3) is 0 Å². The van der Waals surface area contributed by atoms with E-state index < -0.39 is 0 Å². The molecular weight excluding hydrogens is 320 g/mol. The Morgan fingerprint density at radius 2 is 2.29 bits per heavy atom. The fraction of sp³-hybridized carbons (Fsp3) is 0.182. The molecule has 3 nitrogen and oxygen atoms in total. The molecule has 6 heteroatoms. The minimum atomic E-state index is 0.101. The van der Waals surface area contributed by atoms with E-state index >= 15 is 0 Å². The standard InChI is InChI=1S/C11H9BrN2OS2/c1-7-13-14-11(17-7)16-6-10(15)8-3-2-4-9(12)5-8/h2-5H,6H2,1H3. The largest absolute Gasteiger partial charge is 0.293 e. The number of thioether (sulfide) groups is 1. The van der Waals surface area contributed by atoms with Crippen molar-refractivity contribution in [1.82, 2.24) is 10.2 Å². The predicted molar refractivity (Wildman–Crippen MR) is 73.8 cm³/mol. The second-order valence-electron chi connectivity index (χ2n) is 3.31. The van der Waals surface area contributed by atoms with Gasteiger partial charge in [-0.2, -0.15) is 0 Å². The van der Waals surface area contributed by atoms with Gasteiger partial charge in [-0.05, 0) is 19.1 Å². The molecule has 0 fully saturated rings. The summed E-state index contributed by atoms with van der Waals surface area (Å²) in [5.41, 5.74) is 0.716. The van der Waals surface area contributed by atoms with Crippen molar-refractivity contribution in [1.29, 1.82) is 0 Å². The van der Waals surface area contributed by atoms with Crippen molar-refractivity contribution in [2.24, 2.45) is 0 Å². The number of carbonyl (C=O) groups excluding carboxylic acids is 1. The van der Waals surface area contributed by atoms with Gasteiger partial charge < -0.3 is 0 Å². The average molecular weight is 329 g/mol. The zero-order valence-corrected chi connectivity index (χ0v) is 12.2. The first-order chi connectivity index (χ1) is 8.15. The number of ketones is 1. The van der Waals surface area contributed by atoms with Gasteiger partial charge in [-0.1, -0.05) is 51.2 Å². The number of benzene rings is 1. The van der Waals surface area contributed by atoms with E-state index in [0.29, 0.717) is 11.3 Å². The molecular formula is C11H9BrN2OS2. The monoisotopic (exact) mass is 328 g/mol. The van der Waals surface area contributed by atoms with E-state index in [0.717, 1.165) is 13.8 Å². The van der Waals surface area contributed by atoms with Crippen molar-refractivity contribution in [2.45, 2.75) is 11.3 Å². The first kappa shape index (κ1) is 12.7. The fourth-order valence-corrected chi connectivity index (χ4v) is 3.32. The Hall–Kier alpha value is -0.720. The lowest BCUT2D eigenvalue weighted by atomic mass is 10.2. The molecule has 2 aromatic rings. The van der Waals surface area contributed by atoms with Crippen molar-refractivity contribution < 1.29 is 4.79 Å². The molecule has 0 amide bonds. The van der Waals surface area contributed by atoms with Crippen LogP contribution in [0.3, 0.4) is 0 Å². The van der Waals surface area contributed by atoms with Crippen molar-refractivity contribution in [2.75, 3.05) is 5.75 Å². The number of Topliss-reactive ketones (excluding diaryl/α,β-unsaturated/α-hetero) is 1. The number of nitrogens with zero attached hydrogens (tertiary/aromatic N) is 2. The summed E-state index contributed by atoms with van der Waals surface area (Å²) in [5.74, 6) is 0.495. The zero-order valence-electron chi connectivity index (χ0n) is 9.01. The quantitative estimate of drug-likeness (QED) is 0.635. The summed E-state index contributed by atoms with van der Waals surface area (Å²) in [6, 6.07) is 7.41. The fourth-order valence-electron chi connectivity index (χ4n) is 1.21. The highest BCUT2D eigenvalue weighted by Crippen LogP contribution is 2.23. The SMILES string of the molecule is Cc1nnc(SCC(=O)c2cccc(Br)c2)s1. The first-order valence-corrected chi connectivity index (χ1v) is 7.46. The molecule has 0 spiro atoms. The molecule has 0 aliphatic rings. The van der Waals surface area contributed by atoms with Crippen molar-refractivity contribution >= 4 is 44.8 Å². The van der Waals surface area contributed by atoms with Crippen LogP contribution >= 0.6 is 39.0 Å². The van der Waals surface area contributed by atoms with Crippen LogP contribution < -0.4 is 0 Å². The molecule has 0 unspecified atom stereocenters. The van der Waals surface area contributed by atoms with Crippen LogP contribution in [0.1, 0.15) is 15.4 Å². The van der Waals surface area contributed by atoms with Crippen molar-refractivity contribution in [3.8, 4) is 0 Å². The number of halogens is 1. The van der Waals surface area contributed by atoms with Gasteiger partial charge >= 0.3 is 0 Å². The smallest absolute Gasteiger partial charge is 0.174 e. The molecule has 0 radical (unpaired) electrons. The molecule has 2 rings (SSSR count). The number of rotatable bonds is 4. The highest BCUT2D eigenvalue weighted by Gasteiger charge is 2.09. The number of aromatic nitrogens is 2. The minimum absolute atomic E-state index is 0.101. The lowest BCUT2D eigenvalue weighted by molar-refractivity contribution is 0.102. The molecule has 0 N–H and O–H groups in total. The maximum atomic E-state index is 11.9. The summed E-state index contributed by atoms with van der Waals surface area (Å²) < 4.78 is 1.76. The third-order valence-corrected chi connectivity index (χ3v) is 4.45. The molecule has 1 aromatic carbocycles. The Kier molecular flexibility index (Phi) is 4.31. The highest BCUT2D eigenvalue weighted by molar-refractivity contribution is 9.10. The van der Waals surface area contributed by atoms with Crippen LogP contribution in [0.5, 0.6) is 0 Å². The van der Waals surface area contributed by atoms with Gasteiger partial charge in [-0.15, -0.1) is 10.2 Å². The Balaban J connectivity index is 1.98. The molecule has 1 aromatic heterocycles. The van der Waals surface area contributed by atoms with Gasteiger partial charge in [0.05, 0.1) is 5.75 Å². The summed E-state index contributed by atoms with van der Waals surface area (Å²) >= 11 is 6.29. The summed E-state index contributed by atoms with van der Waals surface area (Å²) in [5, 5.41) is 8.80. The molecule has 17 heavy (non-hydrogen) atoms. The molecule has 0 saturated heterocycles. The molecule has 0 saturated carbocycles. The Labute approximate surface area is 116 Å². The maximum Gasteiger partial charge on any atom is 0.174 e. The molecule has 1 heterocycles. The van der Waals surface area contributed by atoms with Gasteiger partial charge in [0.2, 0.25) is 0 Å². The van der Waals surface area contributed by atoms with Gasteiger partial charge in [0.25, 0.3) is 0 Å². The van der Waals surface area contributed by atoms with E-state index in [2.05, 4.69) is 26.1 Å². The minimum Gasteiger partial charge on any atom is -0.293 e. The van der Waals surface area contributed by atoms with Gasteiger partial charge in [-0.3, -0.25) is 4.79 Å². The number of hydrogen-bond donors (Lipinski definition) is 0. The molecule has 88 valence electrons. The average Bonchev–Trinajstić information content (AvgIpc) is 2.72. The lowest BCUT2D eigenvalue weighted by Crippen LogP contribution is -2.01. The van der Waals surface area contributed by atoms with E-state index in [4.69, 9.17) is 0 Å². The van der Waals surface area contributed by atoms with E-state index in [-0.39, 0.29) is 5.78 Å². The molecule has 0 aliphatic carbocycles. The third-order valence-electron chi connectivity index (χ3n) is 1.98. The van der Waals surface area contributed by atoms with E-state index in [1.54, 1.807) is 0 Å². The van der Waals surface area contributed by atoms with E-state index in [1.807, 2.05) is 31.2 Å². The van der Waals surface area contributed by atoms with Gasteiger partial charge in [-0.25, -0.2) is 0 Å². The Morgan fingerprint density at radius 1 is 1.47 bits per heavy atom. The van der Waals surface area contributed by atoms with Crippen LogP contribution in [-0.4, -0.2) is 21.7 Å². The van der Waals surface area contributed by atoms with Crippen LogP contribution in [0.15, 0.2) is 33.1 Å². The van der Waals surface area contributed by atoms with Crippen molar-refractivity contribution in [3.63, 3.8) is 0 Å². The topological polar surface area (TPSA) is 42.9 Å². The van der Waals surface area contributed by atoms with Gasteiger partial charge in [0.1, 0.15) is 5.01 Å². The van der Waals surface area contributed by atoms with E-state index in [9.17, 15) is 4.79 Å². The van der Waals surface area contributed by atoms with E-state index in [1.165, 1.54) is 23.1 Å². The van der Waals surface area contributed by atoms with Crippen LogP contribution in [-0.2, 0) is 0 Å². The molecule has 0 bridgehead atoms. The van der Waals surface area contributed by atoms with Gasteiger partial charge in [0.15, 0.2) is 10.1 Å². The summed E-state index contributed by atoms with van der Waals surface area (Å²) in [7, 11) is 0. The number of aryl methyl sites for hydroxylation is 1. The number of hydrogen-bond acceptors (Lipinski definition) is 5. The Morgan fingerprint density at radius 3 is 2.94 bits per heavy atom. The second-order valence-corrected chi connectivity index (χ2v) is 6.63. The maximum absolute atomic E-state index is 11.9. The molecule has 0 atom stereocenters. The highest BCUT2D eigenvalue weighted by atomic mass is 79.9. The zero-order chi connectivity index (χ0) is 12.3.